The summed E-state index contributed by atoms with van der Waals surface area (Å²) in [6.45, 7) is 3.90. The van der Waals surface area contributed by atoms with Crippen molar-refractivity contribution >= 4 is 31.2 Å². The first kappa shape index (κ1) is 43.9. The van der Waals surface area contributed by atoms with Gasteiger partial charge in [0.15, 0.2) is 0 Å². The van der Waals surface area contributed by atoms with E-state index in [1.165, 1.54) is 10.9 Å². The Kier molecular flexibility index (Phi) is 20.7. The molecule has 41 heavy (non-hydrogen) atoms. The molecule has 0 spiro atoms. The van der Waals surface area contributed by atoms with Crippen molar-refractivity contribution in [1.29, 1.82) is 0 Å². The van der Waals surface area contributed by atoms with Gasteiger partial charge in [0.05, 0.1) is 25.0 Å². The van der Waals surface area contributed by atoms with Gasteiger partial charge in [0.2, 0.25) is 31.2 Å². The van der Waals surface area contributed by atoms with E-state index in [0.717, 1.165) is 6.42 Å². The fraction of sp³-hybridized carbons (Fsp3) is 0.667. The smallest absolute Gasteiger partial charge is 0.726 e. The first-order valence-electron chi connectivity index (χ1n) is 10.3. The third kappa shape index (κ3) is 18.4. The Labute approximate surface area is 302 Å². The molecule has 3 heterocycles. The summed E-state index contributed by atoms with van der Waals surface area (Å²) in [5.41, 5.74) is 1.02. The van der Waals surface area contributed by atoms with Crippen LogP contribution < -0.4 is 88.7 Å². The second-order valence-electron chi connectivity index (χ2n) is 7.26. The van der Waals surface area contributed by atoms with Crippen LogP contribution in [0, 0.1) is 6.42 Å². The summed E-state index contributed by atoms with van der Waals surface area (Å²) in [4.78, 5) is 0. The van der Waals surface area contributed by atoms with Crippen molar-refractivity contribution in [2.24, 2.45) is 0 Å². The van der Waals surface area contributed by atoms with Gasteiger partial charge in [0.1, 0.15) is 17.9 Å². The van der Waals surface area contributed by atoms with Crippen LogP contribution in [0.15, 0.2) is 12.4 Å². The summed E-state index contributed by atoms with van der Waals surface area (Å²) < 4.78 is 123. The average Bonchev–Trinajstić information content (AvgIpc) is 3.40. The third-order valence-electron chi connectivity index (χ3n) is 4.42. The predicted octanol–water partition coefficient (Wildman–Crippen LogP) is -11.7. The molecule has 1 aliphatic heterocycles. The standard InChI is InChI=1S/C15H23N6O10S2.3Na.H2O4S/c1-3-10-6-21(19-16-10)8-13-15(31-33(25,26)27)12(30-32(22,23)24)5-14(29-13)28-9-11-7-20(4-2)18-17-11;;;;1-5(2,3)4/h5-7,12-15H,3-4,8-9H2,1-2H3,(H,22,23,24)(H,25,26,27);;;;(H2,1,2,3,4)/q-1;3*+1;/p-3/t12-,13-,14+,15+;;;;/m1..../s1. The zero-order valence-corrected chi connectivity index (χ0v) is 31.0. The van der Waals surface area contributed by atoms with Gasteiger partial charge in [-0.3, -0.25) is 13.4 Å². The second kappa shape index (κ2) is 19.4. The molecule has 1 aliphatic rings. The van der Waals surface area contributed by atoms with Crippen molar-refractivity contribution in [1.82, 2.24) is 30.0 Å². The van der Waals surface area contributed by atoms with Crippen LogP contribution in [0.2, 0.25) is 0 Å². The van der Waals surface area contributed by atoms with E-state index in [-0.39, 0.29) is 102 Å². The van der Waals surface area contributed by atoms with Crippen LogP contribution in [0.3, 0.4) is 0 Å². The summed E-state index contributed by atoms with van der Waals surface area (Å²) in [5, 5.41) is 15.5. The van der Waals surface area contributed by atoms with Crippen LogP contribution in [-0.2, 0) is 75.2 Å². The first-order chi connectivity index (χ1) is 17.5. The molecule has 0 saturated carbocycles. The maximum atomic E-state index is 11.3. The maximum Gasteiger partial charge on any atom is 1.00 e. The average molecular weight is 676 g/mol. The van der Waals surface area contributed by atoms with Crippen molar-refractivity contribution in [3.8, 4) is 0 Å². The summed E-state index contributed by atoms with van der Waals surface area (Å²) in [7, 11) is -15.6. The Balaban J connectivity index is 0. The molecule has 0 radical (unpaired) electrons. The van der Waals surface area contributed by atoms with Gasteiger partial charge in [-0.05, 0) is 19.4 Å². The molecule has 1 fully saturated rings. The Hall–Kier alpha value is 0.810. The Morgan fingerprint density at radius 1 is 0.927 bits per heavy atom. The van der Waals surface area contributed by atoms with Crippen molar-refractivity contribution in [3.05, 3.63) is 30.2 Å². The molecule has 3 rings (SSSR count). The minimum Gasteiger partial charge on any atom is -0.726 e. The number of rotatable bonds is 11. The molecule has 0 unspecified atom stereocenters. The molecule has 26 heteroatoms. The first-order valence-corrected chi connectivity index (χ1v) is 14.4. The van der Waals surface area contributed by atoms with Crippen LogP contribution in [-0.4, -0.2) is 98.1 Å². The number of hydrogen-bond donors (Lipinski definition) is 1. The molecule has 0 aliphatic carbocycles. The van der Waals surface area contributed by atoms with Crippen molar-refractivity contribution < 1.29 is 150 Å². The molecule has 20 nitrogen and oxygen atoms in total. The van der Waals surface area contributed by atoms with E-state index in [1.807, 2.05) is 13.8 Å². The topological polar surface area (TPSA) is 290 Å². The normalized spacial score (nSPS) is 20.9. The molecule has 4 atom stereocenters. The third-order valence-corrected chi connectivity index (χ3v) is 5.34. The second-order valence-corrected chi connectivity index (χ2v) is 10.1. The molecule has 0 bridgehead atoms. The van der Waals surface area contributed by atoms with E-state index in [1.54, 1.807) is 10.9 Å². The monoisotopic (exact) mass is 675 g/mol. The van der Waals surface area contributed by atoms with Gasteiger partial charge in [-0.1, -0.05) is 17.4 Å². The molecular weight excluding hydrogens is 653 g/mol. The van der Waals surface area contributed by atoms with Gasteiger partial charge in [0, 0.05) is 19.0 Å². The van der Waals surface area contributed by atoms with E-state index in [0.29, 0.717) is 24.4 Å². The van der Waals surface area contributed by atoms with E-state index in [4.69, 9.17) is 27.0 Å². The molecule has 218 valence electrons. The van der Waals surface area contributed by atoms with Gasteiger partial charge in [0.25, 0.3) is 0 Å². The summed E-state index contributed by atoms with van der Waals surface area (Å²) >= 11 is 0. The summed E-state index contributed by atoms with van der Waals surface area (Å²) in [5.74, 6) is 0. The van der Waals surface area contributed by atoms with Gasteiger partial charge in [-0.25, -0.2) is 36.4 Å². The van der Waals surface area contributed by atoms with Crippen LogP contribution in [0.5, 0.6) is 0 Å². The molecule has 0 aromatic carbocycles. The molecular formula is C15H22N6Na3O14S3-. The number of aromatic nitrogens is 6. The maximum absolute atomic E-state index is 11.3. The Bertz CT molecular complexity index is 1370. The molecule has 1 saturated heterocycles. The van der Waals surface area contributed by atoms with E-state index >= 15 is 0 Å². The summed E-state index contributed by atoms with van der Waals surface area (Å²) in [6, 6.07) is 0. The van der Waals surface area contributed by atoms with Crippen LogP contribution in [0.1, 0.15) is 25.2 Å². The zero-order chi connectivity index (χ0) is 28.7. The van der Waals surface area contributed by atoms with Crippen molar-refractivity contribution in [2.75, 3.05) is 0 Å². The fourth-order valence-corrected chi connectivity index (χ4v) is 3.94. The largest absolute Gasteiger partial charge is 1.00 e. The minimum absolute atomic E-state index is 0. The molecule has 2 aromatic heterocycles. The number of ether oxygens (including phenoxy) is 2. The van der Waals surface area contributed by atoms with Crippen LogP contribution in [0.25, 0.3) is 0 Å². The predicted molar refractivity (Wildman–Crippen MR) is 114 cm³/mol. The number of nitrogens with zero attached hydrogens (tertiary/aromatic N) is 6. The van der Waals surface area contributed by atoms with E-state index < -0.39 is 55.8 Å². The van der Waals surface area contributed by atoms with Crippen LogP contribution >= 0.6 is 0 Å². The number of hydrogen-bond acceptors (Lipinski definition) is 17. The van der Waals surface area contributed by atoms with Gasteiger partial charge in [-0.15, -0.1) is 10.2 Å². The minimum atomic E-state index is -5.34. The van der Waals surface area contributed by atoms with E-state index in [9.17, 15) is 25.9 Å². The Morgan fingerprint density at radius 2 is 1.44 bits per heavy atom. The molecule has 1 N–H and O–H groups in total. The quantitative estimate of drug-likeness (QED) is 0.100. The molecule has 2 aromatic rings. The summed E-state index contributed by atoms with van der Waals surface area (Å²) in [6.07, 6.45) is -1.64. The van der Waals surface area contributed by atoms with E-state index in [2.05, 4.69) is 29.0 Å². The SMILES string of the molecule is CCc1cn(C[C@H]2O[C@H](OCc3cn(CC)nn3)[CH-][C@@H](OS(=O)(=O)[O-])[C@@H]2OS(=O)(=O)[O-])nn1.O=S(=O)([O-])O.[Na+].[Na+].[Na+]. The fourth-order valence-electron chi connectivity index (χ4n) is 2.99. The van der Waals surface area contributed by atoms with Gasteiger partial charge in [-0.2, -0.15) is 0 Å². The number of aryl methyl sites for hydroxylation is 2. The Morgan fingerprint density at radius 3 is 1.90 bits per heavy atom. The van der Waals surface area contributed by atoms with Crippen LogP contribution in [0.4, 0.5) is 0 Å². The van der Waals surface area contributed by atoms with Gasteiger partial charge < -0.3 is 27.3 Å². The van der Waals surface area contributed by atoms with Crippen molar-refractivity contribution in [3.63, 3.8) is 0 Å². The zero-order valence-electron chi connectivity index (χ0n) is 22.5. The molecule has 0 amide bonds. The van der Waals surface area contributed by atoms with Gasteiger partial charge >= 0.3 is 88.7 Å². The van der Waals surface area contributed by atoms with Crippen molar-refractivity contribution in [2.45, 2.75) is 64.6 Å².